The number of Topliss-reactive ketones (excluding diaryl/α,β-unsaturated/α-hetero) is 1. The van der Waals surface area contributed by atoms with Crippen molar-refractivity contribution < 1.29 is 15.0 Å². The molecule has 0 radical (unpaired) electrons. The first-order chi connectivity index (χ1) is 6.04. The Balaban J connectivity index is 4.12. The van der Waals surface area contributed by atoms with Gasteiger partial charge in [-0.1, -0.05) is 18.8 Å². The highest BCUT2D eigenvalue weighted by atomic mass is 16.3. The molecular formula is C10H16O3. The van der Waals surface area contributed by atoms with Crippen LogP contribution in [0.15, 0.2) is 0 Å². The topological polar surface area (TPSA) is 57.5 Å². The van der Waals surface area contributed by atoms with Crippen LogP contribution in [0.3, 0.4) is 0 Å². The zero-order chi connectivity index (χ0) is 10.3. The van der Waals surface area contributed by atoms with E-state index in [2.05, 4.69) is 11.8 Å². The molecule has 0 rings (SSSR count). The van der Waals surface area contributed by atoms with Crippen LogP contribution in [0.5, 0.6) is 0 Å². The van der Waals surface area contributed by atoms with Gasteiger partial charge >= 0.3 is 0 Å². The maximum atomic E-state index is 11.1. The van der Waals surface area contributed by atoms with Crippen molar-refractivity contribution in [1.29, 1.82) is 0 Å². The van der Waals surface area contributed by atoms with Crippen molar-refractivity contribution >= 4 is 5.78 Å². The molecule has 0 aromatic carbocycles. The van der Waals surface area contributed by atoms with Crippen LogP contribution in [0.2, 0.25) is 0 Å². The highest BCUT2D eigenvalue weighted by Crippen LogP contribution is 2.05. The minimum Gasteiger partial charge on any atom is -0.396 e. The molecule has 0 fully saturated rings. The molecule has 2 N–H and O–H groups in total. The second-order valence-corrected chi connectivity index (χ2v) is 2.98. The van der Waals surface area contributed by atoms with Gasteiger partial charge in [-0.3, -0.25) is 4.79 Å². The molecule has 0 heterocycles. The van der Waals surface area contributed by atoms with E-state index in [4.69, 9.17) is 5.11 Å². The van der Waals surface area contributed by atoms with Gasteiger partial charge in [0.2, 0.25) is 0 Å². The predicted octanol–water partition coefficient (Wildman–Crippen LogP) is 0.492. The smallest absolute Gasteiger partial charge is 0.181 e. The number of aliphatic hydroxyl groups is 2. The van der Waals surface area contributed by atoms with Gasteiger partial charge < -0.3 is 10.2 Å². The van der Waals surface area contributed by atoms with Gasteiger partial charge in [0.1, 0.15) is 0 Å². The predicted molar refractivity (Wildman–Crippen MR) is 50.0 cm³/mol. The quantitative estimate of drug-likeness (QED) is 0.494. The molecule has 0 spiro atoms. The van der Waals surface area contributed by atoms with Crippen molar-refractivity contribution in [3.05, 3.63) is 0 Å². The third-order valence-electron chi connectivity index (χ3n) is 1.66. The lowest BCUT2D eigenvalue weighted by molar-refractivity contribution is -0.130. The average molecular weight is 184 g/mol. The van der Waals surface area contributed by atoms with Gasteiger partial charge in [-0.05, 0) is 13.3 Å². The van der Waals surface area contributed by atoms with Crippen molar-refractivity contribution in [3.63, 3.8) is 0 Å². The summed E-state index contributed by atoms with van der Waals surface area (Å²) in [6, 6.07) is 0. The summed E-state index contributed by atoms with van der Waals surface area (Å²) < 4.78 is 0. The number of carbonyl (C=O) groups is 1. The first kappa shape index (κ1) is 12.2. The molecule has 3 nitrogen and oxygen atoms in total. The average Bonchev–Trinajstić information content (AvgIpc) is 2.11. The van der Waals surface area contributed by atoms with Crippen LogP contribution >= 0.6 is 0 Å². The lowest BCUT2D eigenvalue weighted by Crippen LogP contribution is -2.32. The molecule has 0 saturated heterocycles. The standard InChI is InChI=1S/C10H16O3/c1-3-9(12)10(2,13)7-5-4-6-8-11/h11,13H,3-4,6,8H2,1-2H3. The third kappa shape index (κ3) is 4.66. The molecule has 3 heteroatoms. The molecule has 0 aromatic rings. The van der Waals surface area contributed by atoms with E-state index in [-0.39, 0.29) is 18.8 Å². The van der Waals surface area contributed by atoms with E-state index in [1.165, 1.54) is 6.92 Å². The number of unbranched alkanes of at least 4 members (excludes halogenated alkanes) is 1. The number of aliphatic hydroxyl groups excluding tert-OH is 1. The van der Waals surface area contributed by atoms with E-state index in [1.807, 2.05) is 0 Å². The molecule has 1 atom stereocenters. The van der Waals surface area contributed by atoms with E-state index in [0.29, 0.717) is 12.8 Å². The molecule has 0 aliphatic rings. The van der Waals surface area contributed by atoms with Crippen molar-refractivity contribution in [2.45, 2.75) is 38.7 Å². The zero-order valence-electron chi connectivity index (χ0n) is 8.13. The number of ketones is 1. The Labute approximate surface area is 78.8 Å². The summed E-state index contributed by atoms with van der Waals surface area (Å²) in [7, 11) is 0. The van der Waals surface area contributed by atoms with E-state index in [9.17, 15) is 9.90 Å². The van der Waals surface area contributed by atoms with Gasteiger partial charge in [0.15, 0.2) is 11.4 Å². The molecule has 0 bridgehead atoms. The Morgan fingerprint density at radius 1 is 1.54 bits per heavy atom. The fourth-order valence-electron chi connectivity index (χ4n) is 0.816. The molecule has 0 aliphatic heterocycles. The summed E-state index contributed by atoms with van der Waals surface area (Å²) in [6.07, 6.45) is 1.36. The molecule has 13 heavy (non-hydrogen) atoms. The Bertz CT molecular complexity index is 220. The summed E-state index contributed by atoms with van der Waals surface area (Å²) in [4.78, 5) is 11.1. The van der Waals surface area contributed by atoms with Gasteiger partial charge in [-0.2, -0.15) is 0 Å². The molecule has 1 unspecified atom stereocenters. The van der Waals surface area contributed by atoms with Gasteiger partial charge in [0, 0.05) is 19.4 Å². The fourth-order valence-corrected chi connectivity index (χ4v) is 0.816. The Kier molecular flexibility index (Phi) is 5.36. The SMILES string of the molecule is CCC(=O)C(C)(O)C#CCCCO. The number of rotatable bonds is 4. The summed E-state index contributed by atoms with van der Waals surface area (Å²) in [5.74, 6) is 4.88. The van der Waals surface area contributed by atoms with Gasteiger partial charge in [0.25, 0.3) is 0 Å². The van der Waals surface area contributed by atoms with Crippen LogP contribution in [-0.2, 0) is 4.79 Å². The monoisotopic (exact) mass is 184 g/mol. The fraction of sp³-hybridized carbons (Fsp3) is 0.700. The largest absolute Gasteiger partial charge is 0.396 e. The molecule has 74 valence electrons. The highest BCUT2D eigenvalue weighted by Gasteiger charge is 2.25. The Morgan fingerprint density at radius 2 is 2.15 bits per heavy atom. The second kappa shape index (κ2) is 5.74. The first-order valence-electron chi connectivity index (χ1n) is 4.41. The number of hydrogen-bond acceptors (Lipinski definition) is 3. The van der Waals surface area contributed by atoms with E-state index in [1.54, 1.807) is 6.92 Å². The Hall–Kier alpha value is -0.850. The number of hydrogen-bond donors (Lipinski definition) is 2. The third-order valence-corrected chi connectivity index (χ3v) is 1.66. The first-order valence-corrected chi connectivity index (χ1v) is 4.41. The maximum Gasteiger partial charge on any atom is 0.181 e. The molecule has 0 saturated carbocycles. The van der Waals surface area contributed by atoms with Gasteiger partial charge in [0.05, 0.1) is 0 Å². The Morgan fingerprint density at radius 3 is 2.62 bits per heavy atom. The molecule has 0 amide bonds. The van der Waals surface area contributed by atoms with Crippen LogP contribution < -0.4 is 0 Å². The van der Waals surface area contributed by atoms with Crippen LogP contribution in [0, 0.1) is 11.8 Å². The molecule has 0 aliphatic carbocycles. The number of carbonyl (C=O) groups excluding carboxylic acids is 1. The van der Waals surface area contributed by atoms with Crippen molar-refractivity contribution in [3.8, 4) is 11.8 Å². The van der Waals surface area contributed by atoms with Crippen LogP contribution in [0.1, 0.15) is 33.1 Å². The molecule has 0 aromatic heterocycles. The normalized spacial score (nSPS) is 14.2. The summed E-state index contributed by atoms with van der Waals surface area (Å²) in [5, 5.41) is 18.0. The van der Waals surface area contributed by atoms with Crippen molar-refractivity contribution in [2.24, 2.45) is 0 Å². The maximum absolute atomic E-state index is 11.1. The lowest BCUT2D eigenvalue weighted by Gasteiger charge is -2.12. The van der Waals surface area contributed by atoms with Gasteiger partial charge in [-0.25, -0.2) is 0 Å². The highest BCUT2D eigenvalue weighted by molar-refractivity contribution is 5.89. The summed E-state index contributed by atoms with van der Waals surface area (Å²) >= 11 is 0. The summed E-state index contributed by atoms with van der Waals surface area (Å²) in [6.45, 7) is 3.16. The minimum atomic E-state index is -1.52. The lowest BCUT2D eigenvalue weighted by atomic mass is 10.00. The van der Waals surface area contributed by atoms with E-state index >= 15 is 0 Å². The van der Waals surface area contributed by atoms with Crippen LogP contribution in [0.4, 0.5) is 0 Å². The van der Waals surface area contributed by atoms with E-state index in [0.717, 1.165) is 0 Å². The minimum absolute atomic E-state index is 0.0819. The summed E-state index contributed by atoms with van der Waals surface area (Å²) in [5.41, 5.74) is -1.52. The van der Waals surface area contributed by atoms with E-state index < -0.39 is 5.60 Å². The van der Waals surface area contributed by atoms with Crippen molar-refractivity contribution in [1.82, 2.24) is 0 Å². The zero-order valence-corrected chi connectivity index (χ0v) is 8.13. The second-order valence-electron chi connectivity index (χ2n) is 2.98. The van der Waals surface area contributed by atoms with Crippen LogP contribution in [-0.4, -0.2) is 28.2 Å². The molecular weight excluding hydrogens is 168 g/mol. The van der Waals surface area contributed by atoms with Gasteiger partial charge in [-0.15, -0.1) is 0 Å². The van der Waals surface area contributed by atoms with Crippen molar-refractivity contribution in [2.75, 3.05) is 6.61 Å². The van der Waals surface area contributed by atoms with Crippen LogP contribution in [0.25, 0.3) is 0 Å².